The number of rotatable bonds is 2. The number of anilines is 1. The summed E-state index contributed by atoms with van der Waals surface area (Å²) in [4.78, 5) is 12.1. The molecule has 0 aliphatic carbocycles. The molecule has 0 aromatic heterocycles. The Labute approximate surface area is 107 Å². The van der Waals surface area contributed by atoms with Crippen molar-refractivity contribution in [3.8, 4) is 6.07 Å². The van der Waals surface area contributed by atoms with E-state index in [0.29, 0.717) is 5.56 Å². The van der Waals surface area contributed by atoms with Crippen molar-refractivity contribution < 1.29 is 4.79 Å². The number of aryl methyl sites for hydroxylation is 1. The first kappa shape index (κ1) is 12.6. The topological polar surface area (TPSA) is 64.9 Å². The minimum Gasteiger partial charge on any atom is -0.324 e. The fraction of sp³-hybridized carbons (Fsp3) is 0.429. The molecule has 2 N–H and O–H groups in total. The van der Waals surface area contributed by atoms with E-state index in [1.54, 1.807) is 12.1 Å². The Balaban J connectivity index is 2.08. The standard InChI is InChI=1S/C14H17N3O/c1-10-5-6-11(9-15)8-13(10)17-14(18)12-4-2-3-7-16-12/h5-6,8,12,16H,2-4,7H2,1H3,(H,17,18)/t12-/m0/s1. The molecule has 1 fully saturated rings. The van der Waals surface area contributed by atoms with Crippen molar-refractivity contribution >= 4 is 11.6 Å². The molecule has 1 atom stereocenters. The molecule has 1 heterocycles. The number of nitrogens with zero attached hydrogens (tertiary/aromatic N) is 1. The van der Waals surface area contributed by atoms with Gasteiger partial charge in [-0.3, -0.25) is 4.79 Å². The predicted octanol–water partition coefficient (Wildman–Crippen LogP) is 1.95. The van der Waals surface area contributed by atoms with Gasteiger partial charge >= 0.3 is 0 Å². The Hall–Kier alpha value is -1.86. The van der Waals surface area contributed by atoms with Crippen LogP contribution in [-0.2, 0) is 4.79 Å². The molecule has 1 aliphatic heterocycles. The maximum Gasteiger partial charge on any atom is 0.241 e. The molecule has 1 aromatic rings. The number of hydrogen-bond donors (Lipinski definition) is 2. The molecule has 1 aromatic carbocycles. The highest BCUT2D eigenvalue weighted by Crippen LogP contribution is 2.17. The lowest BCUT2D eigenvalue weighted by Gasteiger charge is -2.23. The van der Waals surface area contributed by atoms with Crippen molar-refractivity contribution in [3.05, 3.63) is 29.3 Å². The zero-order valence-corrected chi connectivity index (χ0v) is 10.5. The molecule has 2 rings (SSSR count). The van der Waals surface area contributed by atoms with Crippen molar-refractivity contribution in [1.29, 1.82) is 5.26 Å². The molecule has 0 saturated carbocycles. The summed E-state index contributed by atoms with van der Waals surface area (Å²) in [5.74, 6) is -0.00658. The van der Waals surface area contributed by atoms with Gasteiger partial charge in [0.15, 0.2) is 0 Å². The number of amides is 1. The van der Waals surface area contributed by atoms with Crippen LogP contribution in [0.3, 0.4) is 0 Å². The first-order chi connectivity index (χ1) is 8.70. The molecule has 18 heavy (non-hydrogen) atoms. The smallest absolute Gasteiger partial charge is 0.241 e. The molecule has 0 unspecified atom stereocenters. The van der Waals surface area contributed by atoms with Gasteiger partial charge < -0.3 is 10.6 Å². The van der Waals surface area contributed by atoms with E-state index in [1.165, 1.54) is 0 Å². The second-order valence-electron chi connectivity index (χ2n) is 4.63. The number of hydrogen-bond acceptors (Lipinski definition) is 3. The highest BCUT2D eigenvalue weighted by Gasteiger charge is 2.20. The molecule has 1 amide bonds. The zero-order valence-electron chi connectivity index (χ0n) is 10.5. The van der Waals surface area contributed by atoms with E-state index in [9.17, 15) is 4.79 Å². The van der Waals surface area contributed by atoms with E-state index in [0.717, 1.165) is 37.1 Å². The third kappa shape index (κ3) is 2.88. The van der Waals surface area contributed by atoms with E-state index in [2.05, 4.69) is 16.7 Å². The second kappa shape index (κ2) is 5.65. The molecule has 94 valence electrons. The second-order valence-corrected chi connectivity index (χ2v) is 4.63. The molecule has 4 heteroatoms. The number of nitrogens with one attached hydrogen (secondary N) is 2. The molecule has 1 aliphatic rings. The number of nitriles is 1. The maximum absolute atomic E-state index is 12.1. The van der Waals surface area contributed by atoms with Crippen LogP contribution < -0.4 is 10.6 Å². The lowest BCUT2D eigenvalue weighted by Crippen LogP contribution is -2.43. The molecule has 4 nitrogen and oxygen atoms in total. The van der Waals surface area contributed by atoms with Crippen LogP contribution in [0.15, 0.2) is 18.2 Å². The van der Waals surface area contributed by atoms with Crippen molar-refractivity contribution in [2.75, 3.05) is 11.9 Å². The average molecular weight is 243 g/mol. The number of piperidine rings is 1. The van der Waals surface area contributed by atoms with Gasteiger partial charge in [-0.15, -0.1) is 0 Å². The van der Waals surface area contributed by atoms with Gasteiger partial charge in [-0.1, -0.05) is 12.5 Å². The van der Waals surface area contributed by atoms with Crippen LogP contribution in [0, 0.1) is 18.3 Å². The number of carbonyl (C=O) groups excluding carboxylic acids is 1. The van der Waals surface area contributed by atoms with E-state index >= 15 is 0 Å². The van der Waals surface area contributed by atoms with Crippen LogP contribution in [0.1, 0.15) is 30.4 Å². The van der Waals surface area contributed by atoms with E-state index < -0.39 is 0 Å². The van der Waals surface area contributed by atoms with Gasteiger partial charge in [0.05, 0.1) is 17.7 Å². The maximum atomic E-state index is 12.1. The van der Waals surface area contributed by atoms with Gasteiger partial charge in [-0.2, -0.15) is 5.26 Å². The molecule has 0 bridgehead atoms. The minimum absolute atomic E-state index is 0.00658. The summed E-state index contributed by atoms with van der Waals surface area (Å²) in [6, 6.07) is 7.29. The Bertz CT molecular complexity index is 484. The van der Waals surface area contributed by atoms with E-state index in [1.807, 2.05) is 13.0 Å². The van der Waals surface area contributed by atoms with Crippen molar-refractivity contribution in [1.82, 2.24) is 5.32 Å². The normalized spacial score (nSPS) is 19.0. The van der Waals surface area contributed by atoms with Crippen molar-refractivity contribution in [3.63, 3.8) is 0 Å². The zero-order chi connectivity index (χ0) is 13.0. The first-order valence-electron chi connectivity index (χ1n) is 6.25. The summed E-state index contributed by atoms with van der Waals surface area (Å²) < 4.78 is 0. The number of benzene rings is 1. The van der Waals surface area contributed by atoms with Crippen molar-refractivity contribution in [2.24, 2.45) is 0 Å². The van der Waals surface area contributed by atoms with Gasteiger partial charge in [0.25, 0.3) is 0 Å². The van der Waals surface area contributed by atoms with Gasteiger partial charge in [0.2, 0.25) is 5.91 Å². The summed E-state index contributed by atoms with van der Waals surface area (Å²) in [7, 11) is 0. The fourth-order valence-electron chi connectivity index (χ4n) is 2.12. The molecular formula is C14H17N3O. The molecule has 1 saturated heterocycles. The van der Waals surface area contributed by atoms with Gasteiger partial charge in [-0.25, -0.2) is 0 Å². The lowest BCUT2D eigenvalue weighted by atomic mass is 10.0. The summed E-state index contributed by atoms with van der Waals surface area (Å²) >= 11 is 0. The van der Waals surface area contributed by atoms with Gasteiger partial charge in [0.1, 0.15) is 0 Å². The lowest BCUT2D eigenvalue weighted by molar-refractivity contribution is -0.118. The van der Waals surface area contributed by atoms with Crippen LogP contribution in [-0.4, -0.2) is 18.5 Å². The van der Waals surface area contributed by atoms with Crippen molar-refractivity contribution in [2.45, 2.75) is 32.2 Å². The fourth-order valence-corrected chi connectivity index (χ4v) is 2.12. The van der Waals surface area contributed by atoms with E-state index in [-0.39, 0.29) is 11.9 Å². The Morgan fingerprint density at radius 2 is 2.33 bits per heavy atom. The van der Waals surface area contributed by atoms with Crippen LogP contribution in [0.5, 0.6) is 0 Å². The van der Waals surface area contributed by atoms with Crippen LogP contribution in [0.25, 0.3) is 0 Å². The summed E-state index contributed by atoms with van der Waals surface area (Å²) in [6.45, 7) is 2.82. The quantitative estimate of drug-likeness (QED) is 0.834. The van der Waals surface area contributed by atoms with Gasteiger partial charge in [0, 0.05) is 5.69 Å². The summed E-state index contributed by atoms with van der Waals surface area (Å²) in [5.41, 5.74) is 2.26. The Morgan fingerprint density at radius 1 is 1.50 bits per heavy atom. The monoisotopic (exact) mass is 243 g/mol. The highest BCUT2D eigenvalue weighted by molar-refractivity contribution is 5.95. The summed E-state index contributed by atoms with van der Waals surface area (Å²) in [6.07, 6.45) is 3.10. The van der Waals surface area contributed by atoms with Crippen LogP contribution in [0.4, 0.5) is 5.69 Å². The molecule has 0 spiro atoms. The van der Waals surface area contributed by atoms with Crippen LogP contribution >= 0.6 is 0 Å². The van der Waals surface area contributed by atoms with Crippen LogP contribution in [0.2, 0.25) is 0 Å². The average Bonchev–Trinajstić information content (AvgIpc) is 2.42. The first-order valence-corrected chi connectivity index (χ1v) is 6.25. The molecular weight excluding hydrogens is 226 g/mol. The predicted molar refractivity (Wildman–Crippen MR) is 70.2 cm³/mol. The third-order valence-electron chi connectivity index (χ3n) is 3.25. The Morgan fingerprint density at radius 3 is 3.00 bits per heavy atom. The van der Waals surface area contributed by atoms with E-state index in [4.69, 9.17) is 5.26 Å². The Kier molecular flexibility index (Phi) is 3.96. The number of carbonyl (C=O) groups is 1. The van der Waals surface area contributed by atoms with Gasteiger partial charge in [-0.05, 0) is 44.0 Å². The summed E-state index contributed by atoms with van der Waals surface area (Å²) in [5, 5.41) is 15.0. The molecule has 0 radical (unpaired) electrons. The largest absolute Gasteiger partial charge is 0.324 e. The minimum atomic E-state index is -0.108. The third-order valence-corrected chi connectivity index (χ3v) is 3.25. The highest BCUT2D eigenvalue weighted by atomic mass is 16.2. The SMILES string of the molecule is Cc1ccc(C#N)cc1NC(=O)[C@@H]1CCCCN1.